The number of carbonyl (C=O) groups is 3. The molecule has 0 radical (unpaired) electrons. The van der Waals surface area contributed by atoms with Crippen molar-refractivity contribution in [2.75, 3.05) is 13.2 Å². The first-order chi connectivity index (χ1) is 31.3. The van der Waals surface area contributed by atoms with Crippen LogP contribution in [0.15, 0.2) is 0 Å². The summed E-state index contributed by atoms with van der Waals surface area (Å²) in [6.07, 6.45) is 53.8. The molecule has 6 nitrogen and oxygen atoms in total. The van der Waals surface area contributed by atoms with Gasteiger partial charge in [0.2, 0.25) is 0 Å². The quantitative estimate of drug-likeness (QED) is 0.0344. The van der Waals surface area contributed by atoms with Crippen LogP contribution in [0.2, 0.25) is 0 Å². The van der Waals surface area contributed by atoms with Crippen LogP contribution >= 0.6 is 0 Å². The number of ether oxygens (including phenoxy) is 3. The molecule has 0 aliphatic heterocycles. The van der Waals surface area contributed by atoms with E-state index in [2.05, 4.69) is 34.6 Å². The molecule has 0 N–H and O–H groups in total. The number of esters is 3. The molecule has 0 aliphatic rings. The van der Waals surface area contributed by atoms with Gasteiger partial charge >= 0.3 is 17.9 Å². The Balaban J connectivity index is 4.18. The van der Waals surface area contributed by atoms with E-state index in [-0.39, 0.29) is 31.1 Å². The van der Waals surface area contributed by atoms with Crippen LogP contribution in [0.3, 0.4) is 0 Å². The van der Waals surface area contributed by atoms with Crippen LogP contribution in [0, 0.1) is 11.8 Å². The van der Waals surface area contributed by atoms with Gasteiger partial charge in [0.15, 0.2) is 6.10 Å². The van der Waals surface area contributed by atoms with Gasteiger partial charge in [0.1, 0.15) is 13.2 Å². The van der Waals surface area contributed by atoms with Crippen LogP contribution in [0.4, 0.5) is 0 Å². The van der Waals surface area contributed by atoms with Gasteiger partial charge in [-0.3, -0.25) is 14.4 Å². The predicted octanol–water partition coefficient (Wildman–Crippen LogP) is 18.9. The van der Waals surface area contributed by atoms with Gasteiger partial charge in [-0.05, 0) is 31.1 Å². The molecule has 2 atom stereocenters. The first-order valence-electron chi connectivity index (χ1n) is 28.8. The molecular formula is C58H112O6. The van der Waals surface area contributed by atoms with Crippen molar-refractivity contribution in [1.82, 2.24) is 0 Å². The minimum absolute atomic E-state index is 0.0629. The van der Waals surface area contributed by atoms with Crippen molar-refractivity contribution in [3.05, 3.63) is 0 Å². The molecule has 0 amide bonds. The first kappa shape index (κ1) is 62.4. The molecule has 0 fully saturated rings. The Bertz CT molecular complexity index is 980. The summed E-state index contributed by atoms with van der Waals surface area (Å²) in [6.45, 7) is 11.4. The fourth-order valence-electron chi connectivity index (χ4n) is 8.84. The second kappa shape index (κ2) is 50.8. The van der Waals surface area contributed by atoms with Crippen molar-refractivity contribution in [2.45, 2.75) is 330 Å². The van der Waals surface area contributed by atoms with E-state index in [1.165, 1.54) is 212 Å². The molecular weight excluding hydrogens is 793 g/mol. The van der Waals surface area contributed by atoms with E-state index in [0.717, 1.165) is 69.6 Å². The molecule has 0 aliphatic carbocycles. The van der Waals surface area contributed by atoms with E-state index in [1.54, 1.807) is 0 Å². The first-order valence-corrected chi connectivity index (χ1v) is 28.8. The van der Waals surface area contributed by atoms with Gasteiger partial charge in [0, 0.05) is 19.3 Å². The molecule has 0 saturated carbocycles. The van der Waals surface area contributed by atoms with Crippen molar-refractivity contribution in [2.24, 2.45) is 11.8 Å². The van der Waals surface area contributed by atoms with Gasteiger partial charge in [0.25, 0.3) is 0 Å². The summed E-state index contributed by atoms with van der Waals surface area (Å²) in [4.78, 5) is 38.0. The highest BCUT2D eigenvalue weighted by atomic mass is 16.6. The van der Waals surface area contributed by atoms with Crippen molar-refractivity contribution in [3.8, 4) is 0 Å². The third-order valence-electron chi connectivity index (χ3n) is 13.6. The molecule has 0 rings (SSSR count). The van der Waals surface area contributed by atoms with Crippen LogP contribution in [0.5, 0.6) is 0 Å². The van der Waals surface area contributed by atoms with E-state index in [4.69, 9.17) is 14.2 Å². The summed E-state index contributed by atoms with van der Waals surface area (Å²) >= 11 is 0. The molecule has 64 heavy (non-hydrogen) atoms. The van der Waals surface area contributed by atoms with E-state index in [0.29, 0.717) is 19.3 Å². The largest absolute Gasteiger partial charge is 0.462 e. The predicted molar refractivity (Wildman–Crippen MR) is 275 cm³/mol. The molecule has 1 unspecified atom stereocenters. The molecule has 0 aromatic rings. The summed E-state index contributed by atoms with van der Waals surface area (Å²) < 4.78 is 16.8. The van der Waals surface area contributed by atoms with E-state index >= 15 is 0 Å². The van der Waals surface area contributed by atoms with E-state index < -0.39 is 6.10 Å². The SMILES string of the molecule is CCCCCCCCCCCC(=O)O[C@H](COC(=O)CCCCCCCCCCCCCCCCCCC(C)C)COC(=O)CCCCCCCCCCCCCCCCC(C)CC. The third-order valence-corrected chi connectivity index (χ3v) is 13.6. The Kier molecular flexibility index (Phi) is 49.6. The second-order valence-corrected chi connectivity index (χ2v) is 20.6. The van der Waals surface area contributed by atoms with Crippen LogP contribution in [0.1, 0.15) is 324 Å². The minimum Gasteiger partial charge on any atom is -0.462 e. The number of hydrogen-bond donors (Lipinski definition) is 0. The van der Waals surface area contributed by atoms with Crippen LogP contribution in [0.25, 0.3) is 0 Å². The van der Waals surface area contributed by atoms with Crippen molar-refractivity contribution in [3.63, 3.8) is 0 Å². The normalized spacial score (nSPS) is 12.5. The zero-order chi connectivity index (χ0) is 46.8. The summed E-state index contributed by atoms with van der Waals surface area (Å²) in [5.41, 5.74) is 0. The summed E-state index contributed by atoms with van der Waals surface area (Å²) in [6, 6.07) is 0. The molecule has 0 bridgehead atoms. The second-order valence-electron chi connectivity index (χ2n) is 20.6. The van der Waals surface area contributed by atoms with Gasteiger partial charge in [-0.1, -0.05) is 285 Å². The Morgan fingerprint density at radius 1 is 0.328 bits per heavy atom. The van der Waals surface area contributed by atoms with Gasteiger partial charge in [-0.25, -0.2) is 0 Å². The van der Waals surface area contributed by atoms with Gasteiger partial charge < -0.3 is 14.2 Å². The summed E-state index contributed by atoms with van der Waals surface area (Å²) in [7, 11) is 0. The summed E-state index contributed by atoms with van der Waals surface area (Å²) in [5.74, 6) is 0.906. The number of hydrogen-bond acceptors (Lipinski definition) is 6. The van der Waals surface area contributed by atoms with Crippen LogP contribution in [-0.4, -0.2) is 37.2 Å². The average molecular weight is 906 g/mol. The highest BCUT2D eigenvalue weighted by Crippen LogP contribution is 2.19. The zero-order valence-electron chi connectivity index (χ0n) is 43.9. The van der Waals surface area contributed by atoms with Gasteiger partial charge in [-0.15, -0.1) is 0 Å². The molecule has 380 valence electrons. The lowest BCUT2D eigenvalue weighted by Crippen LogP contribution is -2.30. The fourth-order valence-corrected chi connectivity index (χ4v) is 8.84. The molecule has 0 aromatic heterocycles. The number of rotatable bonds is 52. The Hall–Kier alpha value is -1.59. The molecule has 0 spiro atoms. The monoisotopic (exact) mass is 905 g/mol. The van der Waals surface area contributed by atoms with Crippen molar-refractivity contribution in [1.29, 1.82) is 0 Å². The molecule has 0 heterocycles. The maximum Gasteiger partial charge on any atom is 0.306 e. The Morgan fingerprint density at radius 2 is 0.594 bits per heavy atom. The van der Waals surface area contributed by atoms with Crippen LogP contribution in [-0.2, 0) is 28.6 Å². The fraction of sp³-hybridized carbons (Fsp3) is 0.948. The molecule has 0 aromatic carbocycles. The topological polar surface area (TPSA) is 78.9 Å². The average Bonchev–Trinajstić information content (AvgIpc) is 3.28. The van der Waals surface area contributed by atoms with Crippen molar-refractivity contribution >= 4 is 17.9 Å². The van der Waals surface area contributed by atoms with Crippen LogP contribution < -0.4 is 0 Å². The lowest BCUT2D eigenvalue weighted by atomic mass is 9.99. The number of unbranched alkanes of at least 4 members (excludes halogenated alkanes) is 36. The van der Waals surface area contributed by atoms with E-state index in [9.17, 15) is 14.4 Å². The lowest BCUT2D eigenvalue weighted by molar-refractivity contribution is -0.167. The van der Waals surface area contributed by atoms with Gasteiger partial charge in [-0.2, -0.15) is 0 Å². The highest BCUT2D eigenvalue weighted by Gasteiger charge is 2.19. The number of carbonyl (C=O) groups excluding carboxylic acids is 3. The standard InChI is InChI=1S/C58H112O6/c1-6-8-9-10-11-26-35-40-45-50-58(61)64-55(52-63-57(60)49-44-39-34-30-25-21-17-16-19-23-28-32-37-42-47-54(5)7-2)51-62-56(59)48-43-38-33-29-24-20-15-13-12-14-18-22-27-31-36-41-46-53(3)4/h53-55H,6-52H2,1-5H3/t54?,55-/m1/s1. The molecule has 0 saturated heterocycles. The minimum atomic E-state index is -0.761. The maximum absolute atomic E-state index is 12.8. The smallest absolute Gasteiger partial charge is 0.306 e. The van der Waals surface area contributed by atoms with E-state index in [1.807, 2.05) is 0 Å². The Labute approximate surface area is 399 Å². The highest BCUT2D eigenvalue weighted by molar-refractivity contribution is 5.71. The van der Waals surface area contributed by atoms with Crippen molar-refractivity contribution < 1.29 is 28.6 Å². The zero-order valence-corrected chi connectivity index (χ0v) is 43.9. The molecule has 6 heteroatoms. The van der Waals surface area contributed by atoms with Gasteiger partial charge in [0.05, 0.1) is 0 Å². The third kappa shape index (κ3) is 49.8. The Morgan fingerprint density at radius 3 is 0.891 bits per heavy atom. The summed E-state index contributed by atoms with van der Waals surface area (Å²) in [5, 5.41) is 0. The maximum atomic E-state index is 12.8. The lowest BCUT2D eigenvalue weighted by Gasteiger charge is -2.18.